The van der Waals surface area contributed by atoms with E-state index in [1.54, 1.807) is 22.0 Å². The summed E-state index contributed by atoms with van der Waals surface area (Å²) in [5.41, 5.74) is 2.35. The first-order valence-electron chi connectivity index (χ1n) is 9.69. The van der Waals surface area contributed by atoms with Crippen molar-refractivity contribution in [1.29, 1.82) is 0 Å². The van der Waals surface area contributed by atoms with Crippen molar-refractivity contribution in [2.75, 3.05) is 26.2 Å². The number of amides is 1. The van der Waals surface area contributed by atoms with Crippen molar-refractivity contribution in [3.8, 4) is 5.69 Å². The van der Waals surface area contributed by atoms with Crippen LogP contribution in [-0.2, 0) is 6.54 Å². The first-order chi connectivity index (χ1) is 14.1. The first kappa shape index (κ1) is 19.0. The molecule has 1 fully saturated rings. The molecule has 0 saturated carbocycles. The molecule has 1 aromatic carbocycles. The third kappa shape index (κ3) is 4.25. The number of rotatable bonds is 4. The minimum absolute atomic E-state index is 0.0259. The molecule has 148 valence electrons. The Morgan fingerprint density at radius 1 is 1.00 bits per heavy atom. The third-order valence-corrected chi connectivity index (χ3v) is 5.13. The van der Waals surface area contributed by atoms with Gasteiger partial charge in [0.05, 0.1) is 5.69 Å². The highest BCUT2D eigenvalue weighted by Crippen LogP contribution is 2.11. The fourth-order valence-electron chi connectivity index (χ4n) is 3.53. The van der Waals surface area contributed by atoms with Crippen molar-refractivity contribution in [3.63, 3.8) is 0 Å². The predicted octanol–water partition coefficient (Wildman–Crippen LogP) is 1.89. The predicted molar refractivity (Wildman–Crippen MR) is 110 cm³/mol. The molecule has 29 heavy (non-hydrogen) atoms. The lowest BCUT2D eigenvalue weighted by molar-refractivity contribution is 0.0619. The van der Waals surface area contributed by atoms with Gasteiger partial charge in [0.25, 0.3) is 5.91 Å². The maximum Gasteiger partial charge on any atom is 0.278 e. The molecular formula is C22H23N5O2. The van der Waals surface area contributed by atoms with Crippen molar-refractivity contribution < 1.29 is 4.79 Å². The highest BCUT2D eigenvalue weighted by Gasteiger charge is 2.25. The fourth-order valence-corrected chi connectivity index (χ4v) is 3.53. The number of aromatic nitrogens is 3. The van der Waals surface area contributed by atoms with E-state index in [1.807, 2.05) is 49.4 Å². The average molecular weight is 389 g/mol. The van der Waals surface area contributed by atoms with Crippen LogP contribution in [0.3, 0.4) is 0 Å². The highest BCUT2D eigenvalue weighted by atomic mass is 16.2. The summed E-state index contributed by atoms with van der Waals surface area (Å²) in [5, 5.41) is 4.40. The molecule has 0 aliphatic carbocycles. The lowest BCUT2D eigenvalue weighted by Gasteiger charge is -2.34. The van der Waals surface area contributed by atoms with Gasteiger partial charge in [-0.2, -0.15) is 5.10 Å². The average Bonchev–Trinajstić information content (AvgIpc) is 2.75. The Labute approximate surface area is 169 Å². The molecule has 0 N–H and O–H groups in total. The lowest BCUT2D eigenvalue weighted by Crippen LogP contribution is -2.49. The number of pyridine rings is 1. The second kappa shape index (κ2) is 8.36. The van der Waals surface area contributed by atoms with Crippen LogP contribution in [0.15, 0.2) is 65.7 Å². The highest BCUT2D eigenvalue weighted by molar-refractivity contribution is 5.92. The van der Waals surface area contributed by atoms with Crippen molar-refractivity contribution >= 4 is 5.91 Å². The van der Waals surface area contributed by atoms with Crippen LogP contribution < -0.4 is 5.43 Å². The van der Waals surface area contributed by atoms with Crippen LogP contribution in [0, 0.1) is 6.92 Å². The number of nitrogens with zero attached hydrogens (tertiary/aromatic N) is 5. The molecule has 3 aromatic rings. The molecule has 3 heterocycles. The number of carbonyl (C=O) groups excluding carboxylic acids is 1. The summed E-state index contributed by atoms with van der Waals surface area (Å²) >= 11 is 0. The van der Waals surface area contributed by atoms with Crippen LogP contribution in [0.4, 0.5) is 0 Å². The van der Waals surface area contributed by atoms with Crippen LogP contribution in [0.25, 0.3) is 5.69 Å². The van der Waals surface area contributed by atoms with Crippen molar-refractivity contribution in [1.82, 2.24) is 24.6 Å². The molecule has 2 aromatic heterocycles. The SMILES string of the molecule is Cc1cc(=O)c(C(=O)N2CCN(Cc3ccncc3)CC2)nn1-c1ccccc1. The molecule has 1 aliphatic heterocycles. The van der Waals surface area contributed by atoms with Gasteiger partial charge in [0.1, 0.15) is 0 Å². The Balaban J connectivity index is 1.48. The van der Waals surface area contributed by atoms with E-state index in [2.05, 4.69) is 15.0 Å². The summed E-state index contributed by atoms with van der Waals surface area (Å²) in [7, 11) is 0. The quantitative estimate of drug-likeness (QED) is 0.682. The van der Waals surface area contributed by atoms with Crippen LogP contribution in [0.5, 0.6) is 0 Å². The molecular weight excluding hydrogens is 366 g/mol. The standard InChI is InChI=1S/C22H23N5O2/c1-17-15-20(28)21(24-27(17)19-5-3-2-4-6-19)22(29)26-13-11-25(12-14-26)16-18-7-9-23-10-8-18/h2-10,15H,11-14,16H2,1H3. The number of benzene rings is 1. The van der Waals surface area contributed by atoms with Crippen LogP contribution in [0.2, 0.25) is 0 Å². The van der Waals surface area contributed by atoms with Gasteiger partial charge in [0, 0.05) is 56.9 Å². The summed E-state index contributed by atoms with van der Waals surface area (Å²) in [6, 6.07) is 15.0. The van der Waals surface area contributed by atoms with E-state index in [9.17, 15) is 9.59 Å². The molecule has 0 radical (unpaired) electrons. The summed E-state index contributed by atoms with van der Waals surface area (Å²) in [4.78, 5) is 33.5. The zero-order valence-corrected chi connectivity index (χ0v) is 16.4. The fraction of sp³-hybridized carbons (Fsp3) is 0.273. The zero-order valence-electron chi connectivity index (χ0n) is 16.4. The first-order valence-corrected chi connectivity index (χ1v) is 9.69. The smallest absolute Gasteiger partial charge is 0.278 e. The van der Waals surface area contributed by atoms with Gasteiger partial charge in [-0.15, -0.1) is 0 Å². The van der Waals surface area contributed by atoms with Crippen LogP contribution >= 0.6 is 0 Å². The van der Waals surface area contributed by atoms with E-state index in [4.69, 9.17) is 0 Å². The van der Waals surface area contributed by atoms with Crippen LogP contribution in [0.1, 0.15) is 21.7 Å². The molecule has 1 saturated heterocycles. The molecule has 0 spiro atoms. The number of hydrogen-bond donors (Lipinski definition) is 0. The Kier molecular flexibility index (Phi) is 5.48. The Morgan fingerprint density at radius 2 is 1.69 bits per heavy atom. The van der Waals surface area contributed by atoms with Crippen molar-refractivity contribution in [2.24, 2.45) is 0 Å². The Hall–Kier alpha value is -3.32. The Bertz CT molecular complexity index is 1040. The van der Waals surface area contributed by atoms with Crippen molar-refractivity contribution in [2.45, 2.75) is 13.5 Å². The van der Waals surface area contributed by atoms with Gasteiger partial charge in [-0.25, -0.2) is 4.68 Å². The number of piperazine rings is 1. The van der Waals surface area contributed by atoms with Crippen molar-refractivity contribution in [3.05, 3.63) is 88.1 Å². The van der Waals surface area contributed by atoms with Gasteiger partial charge in [-0.3, -0.25) is 19.5 Å². The molecule has 0 unspecified atom stereocenters. The molecule has 4 rings (SSSR count). The second-order valence-electron chi connectivity index (χ2n) is 7.17. The van der Waals surface area contributed by atoms with Gasteiger partial charge in [0.15, 0.2) is 5.69 Å². The van der Waals surface area contributed by atoms with Gasteiger partial charge in [0.2, 0.25) is 5.43 Å². The molecule has 1 aliphatic rings. The third-order valence-electron chi connectivity index (χ3n) is 5.13. The Morgan fingerprint density at radius 3 is 2.38 bits per heavy atom. The van der Waals surface area contributed by atoms with E-state index in [-0.39, 0.29) is 17.0 Å². The summed E-state index contributed by atoms with van der Waals surface area (Å²) in [6.07, 6.45) is 3.58. The molecule has 0 atom stereocenters. The molecule has 0 bridgehead atoms. The summed E-state index contributed by atoms with van der Waals surface area (Å²) in [5.74, 6) is -0.303. The number of carbonyl (C=O) groups is 1. The number of para-hydroxylation sites is 1. The normalized spacial score (nSPS) is 14.7. The number of aryl methyl sites for hydroxylation is 1. The zero-order chi connectivity index (χ0) is 20.2. The van der Waals surface area contributed by atoms with E-state index in [0.29, 0.717) is 18.8 Å². The van der Waals surface area contributed by atoms with E-state index >= 15 is 0 Å². The monoisotopic (exact) mass is 389 g/mol. The van der Waals surface area contributed by atoms with Crippen LogP contribution in [-0.4, -0.2) is 56.7 Å². The van der Waals surface area contributed by atoms with Gasteiger partial charge in [-0.05, 0) is 36.8 Å². The maximum absolute atomic E-state index is 13.0. The minimum atomic E-state index is -0.334. The largest absolute Gasteiger partial charge is 0.335 e. The second-order valence-corrected chi connectivity index (χ2v) is 7.17. The number of hydrogen-bond acceptors (Lipinski definition) is 5. The topological polar surface area (TPSA) is 71.3 Å². The molecule has 1 amide bonds. The molecule has 7 nitrogen and oxygen atoms in total. The van der Waals surface area contributed by atoms with Gasteiger partial charge in [-0.1, -0.05) is 18.2 Å². The minimum Gasteiger partial charge on any atom is -0.335 e. The van der Waals surface area contributed by atoms with E-state index < -0.39 is 0 Å². The maximum atomic E-state index is 13.0. The van der Waals surface area contributed by atoms with E-state index in [1.165, 1.54) is 11.6 Å². The van der Waals surface area contributed by atoms with Gasteiger partial charge >= 0.3 is 0 Å². The lowest BCUT2D eigenvalue weighted by atomic mass is 10.2. The van der Waals surface area contributed by atoms with E-state index in [0.717, 1.165) is 25.3 Å². The molecule has 7 heteroatoms. The van der Waals surface area contributed by atoms with Gasteiger partial charge < -0.3 is 4.90 Å². The summed E-state index contributed by atoms with van der Waals surface area (Å²) < 4.78 is 1.65. The summed E-state index contributed by atoms with van der Waals surface area (Å²) in [6.45, 7) is 5.30.